The number of aromatic nitrogens is 1. The lowest BCUT2D eigenvalue weighted by atomic mass is 9.72. The van der Waals surface area contributed by atoms with Crippen LogP contribution in [0.25, 0.3) is 0 Å². The highest BCUT2D eigenvalue weighted by atomic mass is 32.2. The summed E-state index contributed by atoms with van der Waals surface area (Å²) in [4.78, 5) is 44.8. The molecule has 46 heavy (non-hydrogen) atoms. The van der Waals surface area contributed by atoms with Gasteiger partial charge in [-0.3, -0.25) is 9.59 Å². The van der Waals surface area contributed by atoms with E-state index >= 15 is 0 Å². The number of nitrogens with zero attached hydrogens (tertiary/aromatic N) is 2. The van der Waals surface area contributed by atoms with Crippen molar-refractivity contribution in [2.24, 2.45) is 11.8 Å². The second-order valence-corrected chi connectivity index (χ2v) is 14.4. The molecule has 244 valence electrons. The summed E-state index contributed by atoms with van der Waals surface area (Å²) in [6, 6.07) is 10.0. The van der Waals surface area contributed by atoms with Gasteiger partial charge in [0.15, 0.2) is 11.5 Å². The summed E-state index contributed by atoms with van der Waals surface area (Å²) in [5.41, 5.74) is 0.208. The van der Waals surface area contributed by atoms with Crippen LogP contribution in [-0.4, -0.2) is 68.0 Å². The zero-order valence-corrected chi connectivity index (χ0v) is 27.0. The highest BCUT2D eigenvalue weighted by Crippen LogP contribution is 2.61. The zero-order chi connectivity index (χ0) is 33.3. The quantitative estimate of drug-likeness (QED) is 0.335. The number of amides is 2. The molecule has 4 bridgehead atoms. The monoisotopic (exact) mass is 652 g/mol. The average Bonchev–Trinajstić information content (AvgIpc) is 3.65. The number of anilines is 1. The standard InChI is InChI=1S/C32H36N4O9S/c1-15(2)23-29-35-24(30(40)43-5)26(45-29)32-18-9-7-8-10-21(18)36(46(6,41)42)31(32)44-22-12-11-17(13-19(22)32)14-20(27(38)34-23)33-28(39)25(37)16(3)4/h7-13,15-16,20,23,25,31,37H,14H2,1-6H3,(H,33,39)(H,34,38)/t20-,23-,25-,31-,32?/m0/s1. The van der Waals surface area contributed by atoms with Gasteiger partial charge in [-0.25, -0.2) is 22.5 Å². The minimum atomic E-state index is -3.95. The number of carbonyl (C=O) groups excluding carboxylic acids is 3. The number of hydrogen-bond acceptors (Lipinski definition) is 10. The Balaban J connectivity index is 1.66. The summed E-state index contributed by atoms with van der Waals surface area (Å²) >= 11 is 0. The molecule has 5 atom stereocenters. The van der Waals surface area contributed by atoms with Crippen LogP contribution in [0.2, 0.25) is 0 Å². The maximum Gasteiger partial charge on any atom is 0.360 e. The topological polar surface area (TPSA) is 177 Å². The fraction of sp³-hybridized carbons (Fsp3) is 0.438. The molecule has 13 nitrogen and oxygen atoms in total. The Bertz CT molecular complexity index is 1850. The number of hydrogen-bond donors (Lipinski definition) is 3. The number of ether oxygens (including phenoxy) is 2. The van der Waals surface area contributed by atoms with Gasteiger partial charge < -0.3 is 29.6 Å². The molecule has 2 aromatic carbocycles. The van der Waals surface area contributed by atoms with E-state index in [4.69, 9.17) is 13.9 Å². The molecule has 2 amide bonds. The largest absolute Gasteiger partial charge is 0.467 e. The Morgan fingerprint density at radius 1 is 1.15 bits per heavy atom. The van der Waals surface area contributed by atoms with Crippen LogP contribution in [0.4, 0.5) is 5.69 Å². The van der Waals surface area contributed by atoms with E-state index in [1.807, 2.05) is 13.8 Å². The molecule has 3 aromatic rings. The molecular weight excluding hydrogens is 616 g/mol. The van der Waals surface area contributed by atoms with Crippen molar-refractivity contribution in [3.63, 3.8) is 0 Å². The van der Waals surface area contributed by atoms with Gasteiger partial charge in [-0.05, 0) is 29.5 Å². The van der Waals surface area contributed by atoms with Crippen molar-refractivity contribution < 1.29 is 41.8 Å². The lowest BCUT2D eigenvalue weighted by molar-refractivity contribution is -0.135. The lowest BCUT2D eigenvalue weighted by Gasteiger charge is -2.31. The van der Waals surface area contributed by atoms with Crippen LogP contribution in [0.3, 0.4) is 0 Å². The average molecular weight is 653 g/mol. The molecular formula is C32H36N4O9S. The third-order valence-corrected chi connectivity index (χ3v) is 9.90. The smallest absolute Gasteiger partial charge is 0.360 e. The van der Waals surface area contributed by atoms with Crippen molar-refractivity contribution in [3.05, 3.63) is 76.5 Å². The summed E-state index contributed by atoms with van der Waals surface area (Å²) in [6.07, 6.45) is -1.48. The van der Waals surface area contributed by atoms with E-state index in [2.05, 4.69) is 15.6 Å². The molecule has 0 saturated heterocycles. The normalized spacial score (nSPS) is 23.9. The number of methoxy groups -OCH3 is 1. The summed E-state index contributed by atoms with van der Waals surface area (Å²) < 4.78 is 46.1. The number of fused-ring (bicyclic) bond motifs is 4. The van der Waals surface area contributed by atoms with Crippen LogP contribution in [0, 0.1) is 11.8 Å². The van der Waals surface area contributed by atoms with E-state index in [1.54, 1.807) is 56.3 Å². The summed E-state index contributed by atoms with van der Waals surface area (Å²) in [7, 11) is -2.75. The minimum Gasteiger partial charge on any atom is -0.467 e. The number of aliphatic hydroxyl groups is 1. The number of nitrogens with one attached hydrogen (secondary N) is 2. The van der Waals surface area contributed by atoms with Gasteiger partial charge in [0.05, 0.1) is 19.1 Å². The predicted molar refractivity (Wildman–Crippen MR) is 165 cm³/mol. The molecule has 4 heterocycles. The molecule has 0 radical (unpaired) electrons. The third kappa shape index (κ3) is 4.73. The fourth-order valence-corrected chi connectivity index (χ4v) is 7.60. The lowest BCUT2D eigenvalue weighted by Crippen LogP contribution is -2.52. The number of para-hydroxylation sites is 1. The first-order valence-corrected chi connectivity index (χ1v) is 16.8. The molecule has 3 N–H and O–H groups in total. The molecule has 3 aliphatic heterocycles. The summed E-state index contributed by atoms with van der Waals surface area (Å²) in [5.74, 6) is -2.46. The van der Waals surface area contributed by atoms with Crippen molar-refractivity contribution in [1.82, 2.24) is 15.6 Å². The number of aliphatic hydroxyl groups excluding tert-OH is 1. The second kappa shape index (κ2) is 11.1. The number of oxazole rings is 1. The highest BCUT2D eigenvalue weighted by molar-refractivity contribution is 7.92. The van der Waals surface area contributed by atoms with Gasteiger partial charge in [-0.15, -0.1) is 0 Å². The van der Waals surface area contributed by atoms with Crippen molar-refractivity contribution >= 4 is 33.5 Å². The van der Waals surface area contributed by atoms with Crippen LogP contribution >= 0.6 is 0 Å². The maximum absolute atomic E-state index is 13.8. The Labute approximate surface area is 266 Å². The zero-order valence-electron chi connectivity index (χ0n) is 26.2. The molecule has 1 unspecified atom stereocenters. The van der Waals surface area contributed by atoms with Gasteiger partial charge in [0.1, 0.15) is 29.4 Å². The van der Waals surface area contributed by atoms with Gasteiger partial charge in [0.25, 0.3) is 0 Å². The van der Waals surface area contributed by atoms with Crippen molar-refractivity contribution in [3.8, 4) is 5.75 Å². The molecule has 1 spiro atoms. The first-order chi connectivity index (χ1) is 21.7. The number of rotatable bonds is 6. The van der Waals surface area contributed by atoms with Crippen LogP contribution in [0.15, 0.2) is 46.9 Å². The SMILES string of the molecule is COC(=O)c1nc2oc1C13c4cc(ccc4O[C@@H]1N(S(C)(=O)=O)c1ccccc13)C[C@H](NC(=O)[C@@H](O)C(C)C)C(=O)N[C@H]2C(C)C. The molecule has 6 rings (SSSR count). The van der Waals surface area contributed by atoms with Gasteiger partial charge >= 0.3 is 5.97 Å². The van der Waals surface area contributed by atoms with E-state index in [1.165, 1.54) is 11.4 Å². The van der Waals surface area contributed by atoms with E-state index in [0.29, 0.717) is 28.1 Å². The van der Waals surface area contributed by atoms with Crippen LogP contribution in [-0.2, 0) is 36.2 Å². The first kappa shape index (κ1) is 31.5. The number of sulfonamides is 1. The molecule has 3 aliphatic rings. The Kier molecular flexibility index (Phi) is 7.63. The number of benzene rings is 2. The van der Waals surface area contributed by atoms with Gasteiger partial charge in [-0.2, -0.15) is 0 Å². The third-order valence-electron chi connectivity index (χ3n) is 8.80. The van der Waals surface area contributed by atoms with E-state index in [0.717, 1.165) is 6.26 Å². The van der Waals surface area contributed by atoms with Crippen molar-refractivity contribution in [1.29, 1.82) is 0 Å². The Morgan fingerprint density at radius 2 is 1.87 bits per heavy atom. The minimum absolute atomic E-state index is 0.0132. The van der Waals surface area contributed by atoms with Gasteiger partial charge in [-0.1, -0.05) is 58.0 Å². The van der Waals surface area contributed by atoms with Crippen LogP contribution < -0.4 is 19.7 Å². The second-order valence-electron chi connectivity index (χ2n) is 12.6. The first-order valence-electron chi connectivity index (χ1n) is 15.0. The number of esters is 1. The Morgan fingerprint density at radius 3 is 2.52 bits per heavy atom. The predicted octanol–water partition coefficient (Wildman–Crippen LogP) is 2.16. The summed E-state index contributed by atoms with van der Waals surface area (Å²) in [6.45, 7) is 7.03. The number of carbonyl (C=O) groups is 3. The molecule has 0 saturated carbocycles. The maximum atomic E-state index is 13.8. The molecule has 0 fully saturated rings. The van der Waals surface area contributed by atoms with Gasteiger partial charge in [0.2, 0.25) is 34.0 Å². The molecule has 14 heteroatoms. The van der Waals surface area contributed by atoms with Crippen LogP contribution in [0.1, 0.15) is 72.6 Å². The highest BCUT2D eigenvalue weighted by Gasteiger charge is 2.65. The van der Waals surface area contributed by atoms with Crippen LogP contribution in [0.5, 0.6) is 5.75 Å². The van der Waals surface area contributed by atoms with E-state index in [9.17, 15) is 27.9 Å². The summed E-state index contributed by atoms with van der Waals surface area (Å²) in [5, 5.41) is 16.1. The van der Waals surface area contributed by atoms with Crippen molar-refractivity contribution in [2.75, 3.05) is 17.7 Å². The fourth-order valence-electron chi connectivity index (χ4n) is 6.54. The van der Waals surface area contributed by atoms with E-state index < -0.39 is 63.6 Å². The van der Waals surface area contributed by atoms with Gasteiger partial charge in [0, 0.05) is 17.5 Å². The van der Waals surface area contributed by atoms with E-state index in [-0.39, 0.29) is 29.7 Å². The Hall–Kier alpha value is -4.43. The molecule has 0 aliphatic carbocycles. The van der Waals surface area contributed by atoms with Crippen molar-refractivity contribution in [2.45, 2.75) is 63.9 Å². The molecule has 1 aromatic heterocycles.